The number of amides is 1. The monoisotopic (exact) mass is 273 g/mol. The Bertz CT molecular complexity index is 620. The van der Waals surface area contributed by atoms with Crippen LogP contribution >= 0.6 is 11.3 Å². The van der Waals surface area contributed by atoms with Gasteiger partial charge in [-0.3, -0.25) is 10.1 Å². The van der Waals surface area contributed by atoms with Crippen LogP contribution in [0.25, 0.3) is 11.3 Å². The number of aromatic nitrogens is 1. The van der Waals surface area contributed by atoms with E-state index >= 15 is 0 Å². The van der Waals surface area contributed by atoms with Crippen LogP contribution in [0.2, 0.25) is 0 Å². The summed E-state index contributed by atoms with van der Waals surface area (Å²) in [7, 11) is 0. The van der Waals surface area contributed by atoms with E-state index in [2.05, 4.69) is 10.3 Å². The summed E-state index contributed by atoms with van der Waals surface area (Å²) in [5.74, 6) is -1.97. The standard InChI is InChI=1S/C13H10N2O3S/c16-11(6-7-12(17)18)15-13-14-10(8-19-13)9-4-2-1-3-5-9/h1-8H,(H,17,18)(H,14,15,16)/p-1. The molecular weight excluding hydrogens is 264 g/mol. The molecule has 1 amide bonds. The Labute approximate surface area is 113 Å². The van der Waals surface area contributed by atoms with Gasteiger partial charge in [-0.2, -0.15) is 0 Å². The van der Waals surface area contributed by atoms with Gasteiger partial charge in [0.1, 0.15) is 0 Å². The fourth-order valence-electron chi connectivity index (χ4n) is 1.36. The summed E-state index contributed by atoms with van der Waals surface area (Å²) >= 11 is 1.27. The van der Waals surface area contributed by atoms with E-state index in [1.807, 2.05) is 35.7 Å². The van der Waals surface area contributed by atoms with Gasteiger partial charge in [-0.1, -0.05) is 30.3 Å². The number of nitrogens with zero attached hydrogens (tertiary/aromatic N) is 1. The molecule has 2 aromatic rings. The van der Waals surface area contributed by atoms with Gasteiger partial charge in [0.15, 0.2) is 5.13 Å². The highest BCUT2D eigenvalue weighted by atomic mass is 32.1. The fraction of sp³-hybridized carbons (Fsp3) is 0. The Balaban J connectivity index is 2.06. The Morgan fingerprint density at radius 2 is 1.95 bits per heavy atom. The van der Waals surface area contributed by atoms with E-state index in [-0.39, 0.29) is 0 Å². The van der Waals surface area contributed by atoms with E-state index in [0.29, 0.717) is 11.2 Å². The first kappa shape index (κ1) is 13.0. The molecule has 0 aliphatic rings. The number of thiazole rings is 1. The summed E-state index contributed by atoms with van der Waals surface area (Å²) in [4.78, 5) is 25.7. The maximum absolute atomic E-state index is 11.3. The first-order chi connectivity index (χ1) is 9.15. The molecule has 0 saturated heterocycles. The molecule has 0 radical (unpaired) electrons. The Hall–Kier alpha value is -2.47. The summed E-state index contributed by atoms with van der Waals surface area (Å²) < 4.78 is 0. The van der Waals surface area contributed by atoms with Gasteiger partial charge in [0.05, 0.1) is 11.7 Å². The number of rotatable bonds is 4. The topological polar surface area (TPSA) is 82.1 Å². The van der Waals surface area contributed by atoms with Gasteiger partial charge in [0.25, 0.3) is 0 Å². The highest BCUT2D eigenvalue weighted by Gasteiger charge is 2.05. The van der Waals surface area contributed by atoms with E-state index < -0.39 is 11.9 Å². The van der Waals surface area contributed by atoms with Crippen LogP contribution in [0.5, 0.6) is 0 Å². The lowest BCUT2D eigenvalue weighted by Gasteiger charge is -1.97. The molecule has 0 fully saturated rings. The number of carbonyl (C=O) groups excluding carboxylic acids is 2. The van der Waals surface area contributed by atoms with Gasteiger partial charge in [-0.15, -0.1) is 11.3 Å². The van der Waals surface area contributed by atoms with Crippen LogP contribution in [0, 0.1) is 0 Å². The lowest BCUT2D eigenvalue weighted by Crippen LogP contribution is -2.20. The smallest absolute Gasteiger partial charge is 0.250 e. The summed E-state index contributed by atoms with van der Waals surface area (Å²) in [6.07, 6.45) is 1.56. The minimum atomic E-state index is -1.42. The van der Waals surface area contributed by atoms with Crippen LogP contribution in [0.15, 0.2) is 47.9 Å². The molecular formula is C13H9N2O3S-. The van der Waals surface area contributed by atoms with Gasteiger partial charge in [0, 0.05) is 17.0 Å². The molecule has 5 nitrogen and oxygen atoms in total. The maximum atomic E-state index is 11.3. The number of hydrogen-bond acceptors (Lipinski definition) is 5. The summed E-state index contributed by atoms with van der Waals surface area (Å²) in [6.45, 7) is 0. The largest absolute Gasteiger partial charge is 0.545 e. The molecule has 0 aliphatic carbocycles. The Morgan fingerprint density at radius 1 is 1.21 bits per heavy atom. The molecule has 6 heteroatoms. The predicted molar refractivity (Wildman–Crippen MR) is 70.3 cm³/mol. The van der Waals surface area contributed by atoms with Gasteiger partial charge in [0.2, 0.25) is 5.91 Å². The molecule has 0 bridgehead atoms. The maximum Gasteiger partial charge on any atom is 0.250 e. The molecule has 0 unspecified atom stereocenters. The summed E-state index contributed by atoms with van der Waals surface area (Å²) in [6, 6.07) is 9.53. The third-order valence-corrected chi connectivity index (χ3v) is 2.93. The first-order valence-corrected chi connectivity index (χ1v) is 6.24. The summed E-state index contributed by atoms with van der Waals surface area (Å²) in [5.41, 5.74) is 1.70. The lowest BCUT2D eigenvalue weighted by atomic mass is 10.2. The second kappa shape index (κ2) is 5.92. The van der Waals surface area contributed by atoms with Crippen LogP contribution < -0.4 is 10.4 Å². The number of benzene rings is 1. The number of aliphatic carboxylic acids is 1. The number of anilines is 1. The van der Waals surface area contributed by atoms with Gasteiger partial charge < -0.3 is 9.90 Å². The van der Waals surface area contributed by atoms with E-state index in [1.165, 1.54) is 11.3 Å². The molecule has 1 aromatic carbocycles. The molecule has 1 heterocycles. The van der Waals surface area contributed by atoms with Crippen LogP contribution in [0.4, 0.5) is 5.13 Å². The van der Waals surface area contributed by atoms with Crippen molar-refractivity contribution >= 4 is 28.3 Å². The van der Waals surface area contributed by atoms with Crippen LogP contribution in [0.1, 0.15) is 0 Å². The first-order valence-electron chi connectivity index (χ1n) is 5.36. The molecule has 19 heavy (non-hydrogen) atoms. The third kappa shape index (κ3) is 3.75. The average Bonchev–Trinajstić information content (AvgIpc) is 2.86. The molecule has 1 N–H and O–H groups in total. The normalized spacial score (nSPS) is 10.5. The third-order valence-electron chi connectivity index (χ3n) is 2.17. The molecule has 1 aromatic heterocycles. The zero-order chi connectivity index (χ0) is 13.7. The van der Waals surface area contributed by atoms with E-state index in [0.717, 1.165) is 17.3 Å². The minimum absolute atomic E-state index is 0.409. The second-order valence-electron chi connectivity index (χ2n) is 3.55. The van der Waals surface area contributed by atoms with Crippen LogP contribution in [-0.2, 0) is 9.59 Å². The predicted octanol–water partition coefficient (Wildman–Crippen LogP) is 1.05. The van der Waals surface area contributed by atoms with Crippen LogP contribution in [0.3, 0.4) is 0 Å². The number of carboxylic acids is 1. The molecule has 0 aliphatic heterocycles. The highest BCUT2D eigenvalue weighted by molar-refractivity contribution is 7.14. The van der Waals surface area contributed by atoms with Crippen molar-refractivity contribution in [2.45, 2.75) is 0 Å². The van der Waals surface area contributed by atoms with Gasteiger partial charge >= 0.3 is 0 Å². The van der Waals surface area contributed by atoms with E-state index in [4.69, 9.17) is 0 Å². The molecule has 0 atom stereocenters. The lowest BCUT2D eigenvalue weighted by molar-refractivity contribution is -0.297. The van der Waals surface area contributed by atoms with Crippen molar-refractivity contribution in [2.24, 2.45) is 0 Å². The quantitative estimate of drug-likeness (QED) is 0.844. The van der Waals surface area contributed by atoms with E-state index in [9.17, 15) is 14.7 Å². The van der Waals surface area contributed by atoms with Crippen LogP contribution in [-0.4, -0.2) is 16.9 Å². The molecule has 96 valence electrons. The molecule has 2 rings (SSSR count). The zero-order valence-corrected chi connectivity index (χ0v) is 10.5. The van der Waals surface area contributed by atoms with Crippen molar-refractivity contribution in [1.82, 2.24) is 4.98 Å². The van der Waals surface area contributed by atoms with E-state index in [1.54, 1.807) is 0 Å². The number of carboxylic acid groups (broad SMARTS) is 1. The van der Waals surface area contributed by atoms with Crippen molar-refractivity contribution in [3.05, 3.63) is 47.9 Å². The number of carbonyl (C=O) groups is 2. The number of nitrogens with one attached hydrogen (secondary N) is 1. The SMILES string of the molecule is O=C([O-])C=CC(=O)Nc1nc(-c2ccccc2)cs1. The van der Waals surface area contributed by atoms with Crippen molar-refractivity contribution in [2.75, 3.05) is 5.32 Å². The average molecular weight is 273 g/mol. The Morgan fingerprint density at radius 3 is 2.63 bits per heavy atom. The van der Waals surface area contributed by atoms with Gasteiger partial charge in [-0.25, -0.2) is 4.98 Å². The number of hydrogen-bond donors (Lipinski definition) is 1. The molecule has 0 saturated carbocycles. The van der Waals surface area contributed by atoms with Crippen molar-refractivity contribution in [1.29, 1.82) is 0 Å². The minimum Gasteiger partial charge on any atom is -0.545 e. The summed E-state index contributed by atoms with van der Waals surface area (Å²) in [5, 5.41) is 14.9. The van der Waals surface area contributed by atoms with Crippen molar-refractivity contribution in [3.63, 3.8) is 0 Å². The van der Waals surface area contributed by atoms with Crippen molar-refractivity contribution < 1.29 is 14.7 Å². The zero-order valence-electron chi connectivity index (χ0n) is 9.70. The van der Waals surface area contributed by atoms with Crippen molar-refractivity contribution in [3.8, 4) is 11.3 Å². The molecule has 0 spiro atoms. The highest BCUT2D eigenvalue weighted by Crippen LogP contribution is 2.24. The Kier molecular flexibility index (Phi) is 4.04. The van der Waals surface area contributed by atoms with Gasteiger partial charge in [-0.05, 0) is 6.08 Å². The fourth-order valence-corrected chi connectivity index (χ4v) is 2.09. The second-order valence-corrected chi connectivity index (χ2v) is 4.40.